The van der Waals surface area contributed by atoms with Crippen molar-refractivity contribution < 1.29 is 0 Å². The minimum atomic E-state index is 0.512. The van der Waals surface area contributed by atoms with Gasteiger partial charge in [0.25, 0.3) is 0 Å². The molecule has 1 N–H and O–H groups in total. The van der Waals surface area contributed by atoms with Gasteiger partial charge in [-0.3, -0.25) is 0 Å². The normalized spacial score (nSPS) is 29.2. The van der Waals surface area contributed by atoms with E-state index in [4.69, 9.17) is 0 Å². The zero-order chi connectivity index (χ0) is 13.8. The first-order valence-electron chi connectivity index (χ1n) is 7.94. The molecule has 1 aliphatic rings. The first-order chi connectivity index (χ1) is 9.11. The SMILES string of the molecule is CCC(NC1CCCC(C)C1C)c1ccc(C)cc1. The first-order valence-corrected chi connectivity index (χ1v) is 7.94. The molecule has 0 aliphatic heterocycles. The van der Waals surface area contributed by atoms with Gasteiger partial charge in [0, 0.05) is 12.1 Å². The second kappa shape index (κ2) is 6.56. The predicted molar refractivity (Wildman–Crippen MR) is 83.3 cm³/mol. The molecule has 0 amide bonds. The Morgan fingerprint density at radius 2 is 1.84 bits per heavy atom. The minimum Gasteiger partial charge on any atom is -0.307 e. The van der Waals surface area contributed by atoms with Gasteiger partial charge in [-0.1, -0.05) is 63.4 Å². The molecule has 1 fully saturated rings. The summed E-state index contributed by atoms with van der Waals surface area (Å²) in [6.45, 7) is 9.27. The molecule has 1 aliphatic carbocycles. The molecule has 1 heteroatoms. The maximum Gasteiger partial charge on any atom is 0.0320 e. The van der Waals surface area contributed by atoms with Crippen LogP contribution < -0.4 is 5.32 Å². The van der Waals surface area contributed by atoms with Crippen LogP contribution in [0.15, 0.2) is 24.3 Å². The van der Waals surface area contributed by atoms with Crippen molar-refractivity contribution in [2.24, 2.45) is 11.8 Å². The molecule has 0 saturated heterocycles. The molecule has 0 heterocycles. The van der Waals surface area contributed by atoms with Crippen LogP contribution in [0.25, 0.3) is 0 Å². The molecule has 4 unspecified atom stereocenters. The van der Waals surface area contributed by atoms with Crippen LogP contribution in [0.2, 0.25) is 0 Å². The lowest BCUT2D eigenvalue weighted by atomic mass is 9.77. The standard InChI is InChI=1S/C18H29N/c1-5-17(16-11-9-13(2)10-12-16)19-18-8-6-7-14(3)15(18)4/h9-12,14-15,17-19H,5-8H2,1-4H3. The Balaban J connectivity index is 2.04. The van der Waals surface area contributed by atoms with E-state index in [-0.39, 0.29) is 0 Å². The largest absolute Gasteiger partial charge is 0.307 e. The van der Waals surface area contributed by atoms with Crippen molar-refractivity contribution in [2.45, 2.75) is 65.5 Å². The van der Waals surface area contributed by atoms with Crippen molar-refractivity contribution in [1.29, 1.82) is 0 Å². The molecular formula is C18H29N. The van der Waals surface area contributed by atoms with Gasteiger partial charge in [0.15, 0.2) is 0 Å². The van der Waals surface area contributed by atoms with Gasteiger partial charge in [-0.15, -0.1) is 0 Å². The Hall–Kier alpha value is -0.820. The molecule has 0 bridgehead atoms. The molecule has 0 aromatic heterocycles. The number of aryl methyl sites for hydroxylation is 1. The average Bonchev–Trinajstić information content (AvgIpc) is 2.42. The van der Waals surface area contributed by atoms with Crippen molar-refractivity contribution in [3.8, 4) is 0 Å². The van der Waals surface area contributed by atoms with E-state index in [1.54, 1.807) is 0 Å². The zero-order valence-electron chi connectivity index (χ0n) is 12.9. The number of hydrogen-bond acceptors (Lipinski definition) is 1. The summed E-state index contributed by atoms with van der Waals surface area (Å²) in [4.78, 5) is 0. The summed E-state index contributed by atoms with van der Waals surface area (Å²) in [6, 6.07) is 10.2. The van der Waals surface area contributed by atoms with Crippen molar-refractivity contribution in [3.63, 3.8) is 0 Å². The van der Waals surface area contributed by atoms with Crippen LogP contribution in [0.5, 0.6) is 0 Å². The molecule has 0 spiro atoms. The van der Waals surface area contributed by atoms with Crippen LogP contribution >= 0.6 is 0 Å². The molecule has 1 aromatic rings. The van der Waals surface area contributed by atoms with Crippen molar-refractivity contribution in [3.05, 3.63) is 35.4 Å². The fourth-order valence-electron chi connectivity index (χ4n) is 3.32. The van der Waals surface area contributed by atoms with Crippen molar-refractivity contribution >= 4 is 0 Å². The maximum absolute atomic E-state index is 3.92. The summed E-state index contributed by atoms with van der Waals surface area (Å²) in [5, 5.41) is 3.92. The molecule has 19 heavy (non-hydrogen) atoms. The molecule has 4 atom stereocenters. The smallest absolute Gasteiger partial charge is 0.0320 e. The summed E-state index contributed by atoms with van der Waals surface area (Å²) in [5.74, 6) is 1.66. The highest BCUT2D eigenvalue weighted by Crippen LogP contribution is 2.31. The number of hydrogen-bond donors (Lipinski definition) is 1. The highest BCUT2D eigenvalue weighted by molar-refractivity contribution is 5.24. The molecule has 106 valence electrons. The third-order valence-corrected chi connectivity index (χ3v) is 5.01. The lowest BCUT2D eigenvalue weighted by Gasteiger charge is -2.37. The van der Waals surface area contributed by atoms with E-state index in [0.717, 1.165) is 11.8 Å². The predicted octanol–water partition coefficient (Wildman–Crippen LogP) is 4.86. The lowest BCUT2D eigenvalue weighted by molar-refractivity contribution is 0.192. The zero-order valence-corrected chi connectivity index (χ0v) is 12.9. The highest BCUT2D eigenvalue weighted by atomic mass is 15.0. The minimum absolute atomic E-state index is 0.512. The molecule has 2 rings (SSSR count). The van der Waals surface area contributed by atoms with Crippen molar-refractivity contribution in [1.82, 2.24) is 5.32 Å². The molecule has 1 saturated carbocycles. The summed E-state index contributed by atoms with van der Waals surface area (Å²) in [5.41, 5.74) is 2.79. The van der Waals surface area contributed by atoms with Gasteiger partial charge in [-0.25, -0.2) is 0 Å². The monoisotopic (exact) mass is 259 g/mol. The van der Waals surface area contributed by atoms with Gasteiger partial charge in [0.2, 0.25) is 0 Å². The van der Waals surface area contributed by atoms with Gasteiger partial charge < -0.3 is 5.32 Å². The number of benzene rings is 1. The van der Waals surface area contributed by atoms with Crippen LogP contribution in [0.4, 0.5) is 0 Å². The van der Waals surface area contributed by atoms with Gasteiger partial charge in [-0.2, -0.15) is 0 Å². The van der Waals surface area contributed by atoms with E-state index in [1.165, 1.54) is 36.8 Å². The number of rotatable bonds is 4. The summed E-state index contributed by atoms with van der Waals surface area (Å²) in [6.07, 6.45) is 5.29. The second-order valence-electron chi connectivity index (χ2n) is 6.41. The Morgan fingerprint density at radius 3 is 2.47 bits per heavy atom. The van der Waals surface area contributed by atoms with E-state index < -0.39 is 0 Å². The topological polar surface area (TPSA) is 12.0 Å². The molecule has 1 aromatic carbocycles. The Bertz CT molecular complexity index is 381. The Kier molecular flexibility index (Phi) is 5.04. The van der Waals surface area contributed by atoms with Crippen LogP contribution in [-0.4, -0.2) is 6.04 Å². The molecule has 1 nitrogen and oxygen atoms in total. The third kappa shape index (κ3) is 3.60. The lowest BCUT2D eigenvalue weighted by Crippen LogP contribution is -2.42. The Morgan fingerprint density at radius 1 is 1.16 bits per heavy atom. The highest BCUT2D eigenvalue weighted by Gasteiger charge is 2.28. The van der Waals surface area contributed by atoms with E-state index in [0.29, 0.717) is 12.1 Å². The van der Waals surface area contributed by atoms with Crippen LogP contribution in [0.1, 0.15) is 63.6 Å². The van der Waals surface area contributed by atoms with Crippen LogP contribution in [0.3, 0.4) is 0 Å². The van der Waals surface area contributed by atoms with E-state index >= 15 is 0 Å². The van der Waals surface area contributed by atoms with E-state index in [1.807, 2.05) is 0 Å². The van der Waals surface area contributed by atoms with Gasteiger partial charge in [-0.05, 0) is 37.2 Å². The van der Waals surface area contributed by atoms with Crippen LogP contribution in [0, 0.1) is 18.8 Å². The summed E-state index contributed by atoms with van der Waals surface area (Å²) < 4.78 is 0. The Labute approximate surface area is 118 Å². The molecular weight excluding hydrogens is 230 g/mol. The van der Waals surface area contributed by atoms with Gasteiger partial charge in [0.1, 0.15) is 0 Å². The second-order valence-corrected chi connectivity index (χ2v) is 6.41. The quantitative estimate of drug-likeness (QED) is 0.814. The summed E-state index contributed by atoms with van der Waals surface area (Å²) >= 11 is 0. The fourth-order valence-corrected chi connectivity index (χ4v) is 3.32. The maximum atomic E-state index is 3.92. The third-order valence-electron chi connectivity index (χ3n) is 5.01. The average molecular weight is 259 g/mol. The summed E-state index contributed by atoms with van der Waals surface area (Å²) in [7, 11) is 0. The van der Waals surface area contributed by atoms with Gasteiger partial charge in [0.05, 0.1) is 0 Å². The van der Waals surface area contributed by atoms with Crippen molar-refractivity contribution in [2.75, 3.05) is 0 Å². The van der Waals surface area contributed by atoms with E-state index in [9.17, 15) is 0 Å². The first kappa shape index (κ1) is 14.6. The molecule has 0 radical (unpaired) electrons. The fraction of sp³-hybridized carbons (Fsp3) is 0.667. The van der Waals surface area contributed by atoms with Gasteiger partial charge >= 0.3 is 0 Å². The van der Waals surface area contributed by atoms with E-state index in [2.05, 4.69) is 57.3 Å². The number of nitrogens with one attached hydrogen (secondary N) is 1. The van der Waals surface area contributed by atoms with Crippen LogP contribution in [-0.2, 0) is 0 Å².